The van der Waals surface area contributed by atoms with E-state index in [1.165, 1.54) is 0 Å². The van der Waals surface area contributed by atoms with Crippen molar-refractivity contribution in [3.8, 4) is 0 Å². The van der Waals surface area contributed by atoms with Crippen molar-refractivity contribution < 1.29 is 10.1 Å². The number of carbonyl (C=O) groups excluding carboxylic acids is 1. The van der Waals surface area contributed by atoms with Crippen molar-refractivity contribution in [2.24, 2.45) is 0 Å². The molecular formula is C13H19ClNO+. The predicted molar refractivity (Wildman–Crippen MR) is 66.9 cm³/mol. The first kappa shape index (κ1) is 13.2. The average Bonchev–Trinajstić information content (AvgIpc) is 2.14. The van der Waals surface area contributed by atoms with Crippen molar-refractivity contribution in [1.82, 2.24) is 0 Å². The number of nitrogens with two attached hydrogens (primary N) is 1. The number of carbonyl (C=O) groups is 1. The molecule has 88 valence electrons. The Morgan fingerprint density at radius 1 is 1.38 bits per heavy atom. The van der Waals surface area contributed by atoms with E-state index in [9.17, 15) is 4.79 Å². The van der Waals surface area contributed by atoms with Gasteiger partial charge in [-0.05, 0) is 39.8 Å². The van der Waals surface area contributed by atoms with Crippen LogP contribution in [0.1, 0.15) is 38.1 Å². The average molecular weight is 241 g/mol. The second-order valence-electron chi connectivity index (χ2n) is 5.20. The molecule has 0 bridgehead atoms. The molecule has 3 heteroatoms. The topological polar surface area (TPSA) is 33.7 Å². The fraction of sp³-hybridized carbons (Fsp3) is 0.462. The van der Waals surface area contributed by atoms with Crippen LogP contribution in [0.5, 0.6) is 0 Å². The summed E-state index contributed by atoms with van der Waals surface area (Å²) in [6.45, 7) is 8.20. The maximum absolute atomic E-state index is 12.1. The van der Waals surface area contributed by atoms with E-state index in [1.54, 1.807) is 24.3 Å². The second kappa shape index (κ2) is 4.98. The normalized spacial score (nSPS) is 13.6. The molecule has 1 aromatic rings. The molecule has 0 radical (unpaired) electrons. The molecule has 2 N–H and O–H groups in total. The van der Waals surface area contributed by atoms with Gasteiger partial charge in [-0.15, -0.1) is 0 Å². The Bertz CT molecular complexity index is 382. The summed E-state index contributed by atoms with van der Waals surface area (Å²) in [5.74, 6) is 0.123. The highest BCUT2D eigenvalue weighted by atomic mass is 35.5. The number of ketones is 1. The molecule has 1 aromatic carbocycles. The summed E-state index contributed by atoms with van der Waals surface area (Å²) < 4.78 is 0. The number of benzene rings is 1. The molecule has 1 rings (SSSR count). The monoisotopic (exact) mass is 240 g/mol. The Balaban J connectivity index is 2.78. The Morgan fingerprint density at radius 2 is 2.00 bits per heavy atom. The quantitative estimate of drug-likeness (QED) is 0.808. The number of halogens is 1. The zero-order valence-corrected chi connectivity index (χ0v) is 11.0. The van der Waals surface area contributed by atoms with Gasteiger partial charge in [-0.1, -0.05) is 23.7 Å². The minimum Gasteiger partial charge on any atom is -0.333 e. The van der Waals surface area contributed by atoms with E-state index in [0.29, 0.717) is 10.6 Å². The van der Waals surface area contributed by atoms with E-state index >= 15 is 0 Å². The summed E-state index contributed by atoms with van der Waals surface area (Å²) in [5, 5.41) is 2.67. The highest BCUT2D eigenvalue weighted by molar-refractivity contribution is 6.31. The predicted octanol–water partition coefficient (Wildman–Crippen LogP) is 2.27. The van der Waals surface area contributed by atoms with Gasteiger partial charge in [0.1, 0.15) is 6.04 Å². The molecule has 0 fully saturated rings. The van der Waals surface area contributed by atoms with E-state index in [2.05, 4.69) is 26.1 Å². The minimum absolute atomic E-state index is 0.0493. The van der Waals surface area contributed by atoms with Crippen molar-refractivity contribution >= 4 is 17.4 Å². The van der Waals surface area contributed by atoms with Crippen LogP contribution in [0, 0.1) is 0 Å². The van der Waals surface area contributed by atoms with Crippen LogP contribution in [0.2, 0.25) is 5.02 Å². The molecule has 0 aromatic heterocycles. The van der Waals surface area contributed by atoms with Crippen LogP contribution in [0.15, 0.2) is 24.3 Å². The van der Waals surface area contributed by atoms with Gasteiger partial charge >= 0.3 is 0 Å². The van der Waals surface area contributed by atoms with E-state index in [0.717, 1.165) is 0 Å². The fourth-order valence-electron chi connectivity index (χ4n) is 1.73. The first-order valence-electron chi connectivity index (χ1n) is 5.45. The van der Waals surface area contributed by atoms with Crippen molar-refractivity contribution in [2.45, 2.75) is 39.3 Å². The van der Waals surface area contributed by atoms with Gasteiger partial charge in [0.25, 0.3) is 0 Å². The van der Waals surface area contributed by atoms with Crippen molar-refractivity contribution in [3.63, 3.8) is 0 Å². The molecule has 0 aliphatic heterocycles. The van der Waals surface area contributed by atoms with Crippen LogP contribution in [-0.2, 0) is 0 Å². The third kappa shape index (κ3) is 3.95. The molecule has 0 aliphatic carbocycles. The number of rotatable bonds is 3. The maximum Gasteiger partial charge on any atom is 0.219 e. The zero-order chi connectivity index (χ0) is 12.3. The standard InChI is InChI=1S/C13H18ClNO/c1-9(15-13(2,3)4)12(16)10-6-5-7-11(14)8-10/h5-9,15H,1-4H3/p+1/t9-/m1/s1. The Labute approximate surface area is 102 Å². The van der Waals surface area contributed by atoms with Gasteiger partial charge in [0.05, 0.1) is 5.54 Å². The van der Waals surface area contributed by atoms with Crippen LogP contribution >= 0.6 is 11.6 Å². The molecule has 1 atom stereocenters. The summed E-state index contributed by atoms with van der Waals surface area (Å²) in [7, 11) is 0. The lowest BCUT2D eigenvalue weighted by Gasteiger charge is -2.21. The van der Waals surface area contributed by atoms with Crippen LogP contribution < -0.4 is 5.32 Å². The van der Waals surface area contributed by atoms with Gasteiger partial charge in [0.2, 0.25) is 5.78 Å². The van der Waals surface area contributed by atoms with Crippen molar-refractivity contribution in [2.75, 3.05) is 0 Å². The molecule has 0 unspecified atom stereocenters. The largest absolute Gasteiger partial charge is 0.333 e. The van der Waals surface area contributed by atoms with E-state index in [1.807, 2.05) is 6.92 Å². The van der Waals surface area contributed by atoms with Gasteiger partial charge in [-0.3, -0.25) is 4.79 Å². The lowest BCUT2D eigenvalue weighted by molar-refractivity contribution is -0.732. The lowest BCUT2D eigenvalue weighted by atomic mass is 10.0. The zero-order valence-electron chi connectivity index (χ0n) is 10.3. The Hall–Kier alpha value is -0.860. The number of hydrogen-bond acceptors (Lipinski definition) is 1. The first-order chi connectivity index (χ1) is 7.29. The van der Waals surface area contributed by atoms with E-state index in [4.69, 9.17) is 11.6 Å². The second-order valence-corrected chi connectivity index (χ2v) is 5.63. The van der Waals surface area contributed by atoms with E-state index in [-0.39, 0.29) is 17.4 Å². The highest BCUT2D eigenvalue weighted by Crippen LogP contribution is 2.11. The molecule has 16 heavy (non-hydrogen) atoms. The number of quaternary nitrogens is 1. The number of Topliss-reactive ketones (excluding diaryl/α,β-unsaturated/α-hetero) is 1. The highest BCUT2D eigenvalue weighted by Gasteiger charge is 2.24. The number of hydrogen-bond donors (Lipinski definition) is 1. The molecule has 0 amide bonds. The summed E-state index contributed by atoms with van der Waals surface area (Å²) >= 11 is 5.86. The van der Waals surface area contributed by atoms with Gasteiger partial charge in [-0.25, -0.2) is 0 Å². The summed E-state index contributed by atoms with van der Waals surface area (Å²) in [6.07, 6.45) is 0. The van der Waals surface area contributed by atoms with Crippen molar-refractivity contribution in [1.29, 1.82) is 0 Å². The van der Waals surface area contributed by atoms with Crippen LogP contribution in [0.25, 0.3) is 0 Å². The van der Waals surface area contributed by atoms with Gasteiger partial charge < -0.3 is 5.32 Å². The Kier molecular flexibility index (Phi) is 4.11. The third-order valence-electron chi connectivity index (χ3n) is 2.27. The summed E-state index contributed by atoms with van der Waals surface area (Å²) in [4.78, 5) is 12.1. The molecule has 0 saturated heterocycles. The lowest BCUT2D eigenvalue weighted by Crippen LogP contribution is -2.99. The SMILES string of the molecule is C[C@@H]([NH2+]C(C)(C)C)C(=O)c1cccc(Cl)c1. The van der Waals surface area contributed by atoms with Crippen LogP contribution in [0.4, 0.5) is 0 Å². The summed E-state index contributed by atoms with van der Waals surface area (Å²) in [5.41, 5.74) is 0.730. The van der Waals surface area contributed by atoms with Gasteiger partial charge in [-0.2, -0.15) is 0 Å². The van der Waals surface area contributed by atoms with Crippen molar-refractivity contribution in [3.05, 3.63) is 34.9 Å². The summed E-state index contributed by atoms with van der Waals surface area (Å²) in [6, 6.07) is 7.02. The third-order valence-corrected chi connectivity index (χ3v) is 2.51. The molecule has 0 aliphatic rings. The Morgan fingerprint density at radius 3 is 2.50 bits per heavy atom. The minimum atomic E-state index is -0.0848. The first-order valence-corrected chi connectivity index (χ1v) is 5.83. The van der Waals surface area contributed by atoms with Gasteiger partial charge in [0.15, 0.2) is 0 Å². The van der Waals surface area contributed by atoms with E-state index < -0.39 is 0 Å². The smallest absolute Gasteiger partial charge is 0.219 e. The van der Waals surface area contributed by atoms with Crippen LogP contribution in [-0.4, -0.2) is 17.4 Å². The molecular weight excluding hydrogens is 222 g/mol. The fourth-order valence-corrected chi connectivity index (χ4v) is 1.92. The molecule has 0 saturated carbocycles. The maximum atomic E-state index is 12.1. The molecule has 2 nitrogen and oxygen atoms in total. The van der Waals surface area contributed by atoms with Crippen LogP contribution in [0.3, 0.4) is 0 Å². The molecule has 0 heterocycles. The molecule has 0 spiro atoms. The van der Waals surface area contributed by atoms with Gasteiger partial charge in [0, 0.05) is 10.6 Å².